The number of nitrogens with zero attached hydrogens (tertiary/aromatic N) is 1. The second kappa shape index (κ2) is 11.8. The van der Waals surface area contributed by atoms with Gasteiger partial charge in [0.1, 0.15) is 23.4 Å². The molecular formula is C32H34N2O9. The molecule has 6 rings (SSSR count). The lowest BCUT2D eigenvalue weighted by Gasteiger charge is -2.43. The van der Waals surface area contributed by atoms with E-state index in [4.69, 9.17) is 13.9 Å². The first kappa shape index (κ1) is 28.9. The molecular weight excluding hydrogens is 556 g/mol. The number of nitrogens with one attached hydrogen (secondary N) is 1. The van der Waals surface area contributed by atoms with Gasteiger partial charge in [-0.15, -0.1) is 0 Å². The molecule has 11 heteroatoms. The summed E-state index contributed by atoms with van der Waals surface area (Å²) in [5.41, 5.74) is 0.747. The number of aliphatic hydroxyl groups is 3. The molecule has 2 heterocycles. The average molecular weight is 591 g/mol. The largest absolute Gasteiger partial charge is 0.493 e. The third-order valence-corrected chi connectivity index (χ3v) is 8.64. The minimum Gasteiger partial charge on any atom is -0.493 e. The third-order valence-electron chi connectivity index (χ3n) is 8.64. The van der Waals surface area contributed by atoms with Crippen LogP contribution in [-0.4, -0.2) is 76.6 Å². The van der Waals surface area contributed by atoms with Crippen molar-refractivity contribution >= 4 is 22.8 Å². The highest BCUT2D eigenvalue weighted by atomic mass is 16.5. The lowest BCUT2D eigenvalue weighted by molar-refractivity contribution is -0.118. The maximum atomic E-state index is 14.3. The molecule has 4 N–H and O–H groups in total. The molecule has 4 atom stereocenters. The van der Waals surface area contributed by atoms with E-state index in [1.165, 1.54) is 18.1 Å². The van der Waals surface area contributed by atoms with Gasteiger partial charge in [0.15, 0.2) is 11.5 Å². The number of hydrogen-bond acceptors (Lipinski definition) is 9. The predicted octanol–water partition coefficient (Wildman–Crippen LogP) is 2.00. The molecule has 3 aliphatic rings. The van der Waals surface area contributed by atoms with Crippen molar-refractivity contribution in [3.63, 3.8) is 0 Å². The summed E-state index contributed by atoms with van der Waals surface area (Å²) in [5.74, 6) is -1.16. The van der Waals surface area contributed by atoms with Gasteiger partial charge < -0.3 is 39.4 Å². The van der Waals surface area contributed by atoms with Crippen molar-refractivity contribution in [2.45, 2.75) is 62.5 Å². The Hall–Kier alpha value is -4.19. The first-order chi connectivity index (χ1) is 20.9. The van der Waals surface area contributed by atoms with Crippen molar-refractivity contribution in [3.05, 3.63) is 81.2 Å². The van der Waals surface area contributed by atoms with Gasteiger partial charge in [-0.25, -0.2) is 4.79 Å². The first-order valence-corrected chi connectivity index (χ1v) is 14.5. The highest BCUT2D eigenvalue weighted by Crippen LogP contribution is 2.52. The zero-order valence-electron chi connectivity index (χ0n) is 23.7. The lowest BCUT2D eigenvalue weighted by atomic mass is 9.76. The molecule has 0 saturated heterocycles. The van der Waals surface area contributed by atoms with Crippen LogP contribution in [0.1, 0.15) is 53.1 Å². The van der Waals surface area contributed by atoms with Crippen LogP contribution >= 0.6 is 0 Å². The van der Waals surface area contributed by atoms with E-state index in [-0.39, 0.29) is 36.9 Å². The predicted molar refractivity (Wildman–Crippen MR) is 155 cm³/mol. The maximum Gasteiger partial charge on any atom is 0.349 e. The van der Waals surface area contributed by atoms with Crippen LogP contribution in [0.5, 0.6) is 11.5 Å². The molecule has 0 radical (unpaired) electrons. The van der Waals surface area contributed by atoms with E-state index < -0.39 is 41.6 Å². The van der Waals surface area contributed by atoms with Crippen molar-refractivity contribution in [1.82, 2.24) is 10.2 Å². The van der Waals surface area contributed by atoms with E-state index in [0.717, 1.165) is 12.8 Å². The number of aliphatic hydroxyl groups excluding tert-OH is 3. The monoisotopic (exact) mass is 590 g/mol. The molecule has 11 nitrogen and oxygen atoms in total. The number of methoxy groups -OCH3 is 1. The fourth-order valence-electron chi connectivity index (χ4n) is 6.67. The van der Waals surface area contributed by atoms with Crippen LogP contribution in [0.3, 0.4) is 0 Å². The Bertz CT molecular complexity index is 1640. The molecule has 4 unspecified atom stereocenters. The Kier molecular flexibility index (Phi) is 7.95. The van der Waals surface area contributed by atoms with Crippen molar-refractivity contribution in [2.24, 2.45) is 0 Å². The van der Waals surface area contributed by atoms with Gasteiger partial charge >= 0.3 is 5.63 Å². The highest BCUT2D eigenvalue weighted by molar-refractivity contribution is 5.99. The zero-order valence-corrected chi connectivity index (χ0v) is 23.7. The second-order valence-electron chi connectivity index (χ2n) is 11.2. The number of amides is 2. The summed E-state index contributed by atoms with van der Waals surface area (Å²) in [6, 6.07) is 10.4. The topological polar surface area (TPSA) is 159 Å². The molecule has 1 aromatic heterocycles. The molecule has 2 amide bonds. The molecule has 1 aliphatic heterocycles. The molecule has 226 valence electrons. The van der Waals surface area contributed by atoms with Crippen molar-refractivity contribution in [1.29, 1.82) is 0 Å². The molecule has 1 saturated carbocycles. The van der Waals surface area contributed by atoms with E-state index in [1.807, 2.05) is 0 Å². The third kappa shape index (κ3) is 5.07. The summed E-state index contributed by atoms with van der Waals surface area (Å²) in [7, 11) is 1.46. The summed E-state index contributed by atoms with van der Waals surface area (Å²) >= 11 is 0. The van der Waals surface area contributed by atoms with Gasteiger partial charge in [-0.05, 0) is 48.7 Å². The van der Waals surface area contributed by atoms with E-state index in [9.17, 15) is 29.7 Å². The van der Waals surface area contributed by atoms with Crippen LogP contribution < -0.4 is 20.4 Å². The molecule has 2 aliphatic carbocycles. The molecule has 1 fully saturated rings. The van der Waals surface area contributed by atoms with Gasteiger partial charge in [-0.2, -0.15) is 0 Å². The molecule has 2 aromatic carbocycles. The van der Waals surface area contributed by atoms with Crippen LogP contribution in [0.2, 0.25) is 0 Å². The van der Waals surface area contributed by atoms with E-state index >= 15 is 0 Å². The fraction of sp³-hybridized carbons (Fsp3) is 0.406. The van der Waals surface area contributed by atoms with E-state index in [2.05, 4.69) is 5.32 Å². The Balaban J connectivity index is 1.48. The lowest BCUT2D eigenvalue weighted by Crippen LogP contribution is -2.58. The van der Waals surface area contributed by atoms with Gasteiger partial charge in [0.2, 0.25) is 5.91 Å². The van der Waals surface area contributed by atoms with Gasteiger partial charge in [0.25, 0.3) is 5.91 Å². The van der Waals surface area contributed by atoms with E-state index in [1.54, 1.807) is 42.5 Å². The summed E-state index contributed by atoms with van der Waals surface area (Å²) in [6.45, 7) is -0.558. The SMILES string of the molecule is COc1cc(CO)cc2c1OC1C2C(C(=O)NCCO)=CC(N(C(=O)c2cc3ccccc3oc2=O)C2CCCC2)C1O. The van der Waals surface area contributed by atoms with Gasteiger partial charge in [0.05, 0.1) is 32.3 Å². The standard InChI is InChI=1S/C32H34N2O9/c1-41-25-13-17(16-36)12-20-26-21(30(38)33-10-11-35)15-23(27(37)29(26)43-28(20)25)34(19-7-3-4-8-19)31(39)22-14-18-6-2-5-9-24(18)42-32(22)40/h2,5-6,9,12-15,19,23,26-27,29,35-37H,3-4,7-8,10-11,16H2,1H3,(H,33,38). The summed E-state index contributed by atoms with van der Waals surface area (Å²) in [6.07, 6.45) is 2.37. The van der Waals surface area contributed by atoms with Crippen molar-refractivity contribution in [3.8, 4) is 11.5 Å². The van der Waals surface area contributed by atoms with Crippen molar-refractivity contribution in [2.75, 3.05) is 20.3 Å². The number of carbonyl (C=O) groups is 2. The Labute approximate surface area is 247 Å². The second-order valence-corrected chi connectivity index (χ2v) is 11.2. The number of benzene rings is 2. The highest BCUT2D eigenvalue weighted by Gasteiger charge is 2.52. The maximum absolute atomic E-state index is 14.3. The molecule has 3 aromatic rings. The minimum atomic E-state index is -1.29. The number of ether oxygens (including phenoxy) is 2. The zero-order chi connectivity index (χ0) is 30.2. The number of rotatable bonds is 8. The Morgan fingerprint density at radius 1 is 1.12 bits per heavy atom. The summed E-state index contributed by atoms with van der Waals surface area (Å²) in [5, 5.41) is 34.5. The number of fused-ring (bicyclic) bond motifs is 4. The number of hydrogen-bond donors (Lipinski definition) is 4. The summed E-state index contributed by atoms with van der Waals surface area (Å²) < 4.78 is 17.3. The molecule has 0 spiro atoms. The quantitative estimate of drug-likeness (QED) is 0.288. The minimum absolute atomic E-state index is 0.00208. The van der Waals surface area contributed by atoms with Crippen LogP contribution in [0.25, 0.3) is 11.0 Å². The van der Waals surface area contributed by atoms with Gasteiger partial charge in [-0.1, -0.05) is 31.0 Å². The van der Waals surface area contributed by atoms with Crippen LogP contribution in [0.15, 0.2) is 63.3 Å². The molecule has 43 heavy (non-hydrogen) atoms. The van der Waals surface area contributed by atoms with E-state index in [0.29, 0.717) is 46.4 Å². The summed E-state index contributed by atoms with van der Waals surface area (Å²) in [4.78, 5) is 42.4. The first-order valence-electron chi connectivity index (χ1n) is 14.5. The van der Waals surface area contributed by atoms with Gasteiger partial charge in [0, 0.05) is 29.1 Å². The number of para-hydroxylation sites is 1. The van der Waals surface area contributed by atoms with Crippen molar-refractivity contribution < 1.29 is 38.8 Å². The smallest absolute Gasteiger partial charge is 0.349 e. The fourth-order valence-corrected chi connectivity index (χ4v) is 6.67. The van der Waals surface area contributed by atoms with Crippen LogP contribution in [0, 0.1) is 0 Å². The molecule has 0 bridgehead atoms. The Morgan fingerprint density at radius 2 is 1.88 bits per heavy atom. The average Bonchev–Trinajstić information content (AvgIpc) is 3.69. The van der Waals surface area contributed by atoms with Crippen LogP contribution in [0.4, 0.5) is 0 Å². The normalized spacial score (nSPS) is 22.8. The number of carbonyl (C=O) groups excluding carboxylic acids is 2. The van der Waals surface area contributed by atoms with Gasteiger partial charge in [-0.3, -0.25) is 9.59 Å². The Morgan fingerprint density at radius 3 is 2.60 bits per heavy atom. The van der Waals surface area contributed by atoms with Crippen LogP contribution in [-0.2, 0) is 11.4 Å².